The fraction of sp³-hybridized carbons (Fsp3) is 0. The molecule has 0 N–H and O–H groups in total. The second-order valence-electron chi connectivity index (χ2n) is 3.43. The maximum absolute atomic E-state index is 6.26. The third-order valence-corrected chi connectivity index (χ3v) is 2.77. The van der Waals surface area contributed by atoms with Crippen LogP contribution in [0, 0.1) is 0 Å². The van der Waals surface area contributed by atoms with E-state index in [0.717, 1.165) is 16.6 Å². The number of benzene rings is 1. The fourth-order valence-electron chi connectivity index (χ4n) is 1.65. The Labute approximate surface area is 97.3 Å². The molecule has 3 aromatic rings. The average Bonchev–Trinajstić information content (AvgIpc) is 2.69. The SMILES string of the molecule is Clc1c2ccccc2nn1-c1cccnc1. The van der Waals surface area contributed by atoms with Crippen molar-refractivity contribution in [3.05, 3.63) is 53.9 Å². The molecule has 2 heterocycles. The van der Waals surface area contributed by atoms with Crippen LogP contribution in [0.2, 0.25) is 5.15 Å². The second-order valence-corrected chi connectivity index (χ2v) is 3.79. The molecule has 0 aliphatic rings. The van der Waals surface area contributed by atoms with Gasteiger partial charge in [-0.3, -0.25) is 4.98 Å². The fourth-order valence-corrected chi connectivity index (χ4v) is 1.95. The molecule has 0 aliphatic heterocycles. The lowest BCUT2D eigenvalue weighted by molar-refractivity contribution is 0.890. The number of nitrogens with zero attached hydrogens (tertiary/aromatic N) is 3. The largest absolute Gasteiger partial charge is 0.262 e. The molecule has 0 fully saturated rings. The minimum atomic E-state index is 0.614. The summed E-state index contributed by atoms with van der Waals surface area (Å²) in [6.07, 6.45) is 3.46. The standard InChI is InChI=1S/C12H8ClN3/c13-12-10-5-1-2-6-11(10)15-16(12)9-4-3-7-14-8-9/h1-8H. The van der Waals surface area contributed by atoms with Crippen LogP contribution in [0.5, 0.6) is 0 Å². The highest BCUT2D eigenvalue weighted by molar-refractivity contribution is 6.34. The van der Waals surface area contributed by atoms with Crippen molar-refractivity contribution in [3.8, 4) is 5.69 Å². The van der Waals surface area contributed by atoms with Crippen molar-refractivity contribution >= 4 is 22.5 Å². The van der Waals surface area contributed by atoms with Gasteiger partial charge >= 0.3 is 0 Å². The van der Waals surface area contributed by atoms with E-state index in [1.807, 2.05) is 36.4 Å². The van der Waals surface area contributed by atoms with Crippen LogP contribution in [0.1, 0.15) is 0 Å². The van der Waals surface area contributed by atoms with Gasteiger partial charge in [0.25, 0.3) is 0 Å². The first-order valence-electron chi connectivity index (χ1n) is 4.90. The van der Waals surface area contributed by atoms with E-state index in [-0.39, 0.29) is 0 Å². The van der Waals surface area contributed by atoms with Crippen LogP contribution in [0.25, 0.3) is 16.6 Å². The zero-order valence-electron chi connectivity index (χ0n) is 8.34. The van der Waals surface area contributed by atoms with Crippen molar-refractivity contribution in [1.29, 1.82) is 0 Å². The van der Waals surface area contributed by atoms with Gasteiger partial charge in [-0.25, -0.2) is 4.68 Å². The Bertz CT molecular complexity index is 631. The van der Waals surface area contributed by atoms with Gasteiger partial charge in [-0.2, -0.15) is 5.10 Å². The van der Waals surface area contributed by atoms with Crippen LogP contribution in [-0.2, 0) is 0 Å². The first-order valence-corrected chi connectivity index (χ1v) is 5.28. The van der Waals surface area contributed by atoms with Crippen LogP contribution in [0.15, 0.2) is 48.8 Å². The summed E-state index contributed by atoms with van der Waals surface area (Å²) in [7, 11) is 0. The molecule has 0 bridgehead atoms. The molecule has 2 aromatic heterocycles. The summed E-state index contributed by atoms with van der Waals surface area (Å²) in [5.41, 5.74) is 1.75. The smallest absolute Gasteiger partial charge is 0.140 e. The Morgan fingerprint density at radius 3 is 2.69 bits per heavy atom. The molecule has 78 valence electrons. The predicted molar refractivity (Wildman–Crippen MR) is 63.9 cm³/mol. The number of aromatic nitrogens is 3. The number of hydrogen-bond donors (Lipinski definition) is 0. The van der Waals surface area contributed by atoms with Gasteiger partial charge in [-0.1, -0.05) is 23.7 Å². The van der Waals surface area contributed by atoms with Crippen LogP contribution in [0.3, 0.4) is 0 Å². The third kappa shape index (κ3) is 1.37. The zero-order chi connectivity index (χ0) is 11.0. The van der Waals surface area contributed by atoms with Crippen LogP contribution < -0.4 is 0 Å². The van der Waals surface area contributed by atoms with Gasteiger partial charge in [0.2, 0.25) is 0 Å². The Morgan fingerprint density at radius 1 is 1.06 bits per heavy atom. The number of rotatable bonds is 1. The quantitative estimate of drug-likeness (QED) is 0.642. The van der Waals surface area contributed by atoms with E-state index in [2.05, 4.69) is 10.1 Å². The summed E-state index contributed by atoms with van der Waals surface area (Å²) in [6, 6.07) is 11.6. The van der Waals surface area contributed by atoms with Crippen molar-refractivity contribution in [3.63, 3.8) is 0 Å². The van der Waals surface area contributed by atoms with Crippen molar-refractivity contribution in [2.75, 3.05) is 0 Å². The van der Waals surface area contributed by atoms with Gasteiger partial charge in [0.15, 0.2) is 0 Å². The highest BCUT2D eigenvalue weighted by Crippen LogP contribution is 2.25. The summed E-state index contributed by atoms with van der Waals surface area (Å²) in [5.74, 6) is 0. The van der Waals surface area contributed by atoms with Crippen molar-refractivity contribution in [2.24, 2.45) is 0 Å². The highest BCUT2D eigenvalue weighted by Gasteiger charge is 2.09. The van der Waals surface area contributed by atoms with E-state index in [4.69, 9.17) is 11.6 Å². The first kappa shape index (κ1) is 9.36. The Balaban J connectivity index is 2.29. The minimum absolute atomic E-state index is 0.614. The Morgan fingerprint density at radius 2 is 1.94 bits per heavy atom. The van der Waals surface area contributed by atoms with E-state index in [9.17, 15) is 0 Å². The van der Waals surface area contributed by atoms with Crippen LogP contribution >= 0.6 is 11.6 Å². The second kappa shape index (κ2) is 3.61. The molecule has 0 radical (unpaired) electrons. The zero-order valence-corrected chi connectivity index (χ0v) is 9.09. The maximum atomic E-state index is 6.26. The van der Waals surface area contributed by atoms with Gasteiger partial charge < -0.3 is 0 Å². The molecule has 0 saturated heterocycles. The molecule has 3 rings (SSSR count). The number of pyridine rings is 1. The van der Waals surface area contributed by atoms with Gasteiger partial charge in [0.05, 0.1) is 17.4 Å². The van der Waals surface area contributed by atoms with E-state index in [1.54, 1.807) is 17.1 Å². The van der Waals surface area contributed by atoms with E-state index in [1.165, 1.54) is 0 Å². The molecule has 16 heavy (non-hydrogen) atoms. The molecule has 0 aliphatic carbocycles. The molecule has 4 heteroatoms. The highest BCUT2D eigenvalue weighted by atomic mass is 35.5. The van der Waals surface area contributed by atoms with E-state index >= 15 is 0 Å². The van der Waals surface area contributed by atoms with Crippen molar-refractivity contribution in [1.82, 2.24) is 14.8 Å². The summed E-state index contributed by atoms with van der Waals surface area (Å²) >= 11 is 6.26. The lowest BCUT2D eigenvalue weighted by Crippen LogP contribution is -1.96. The molecular formula is C12H8ClN3. The molecular weight excluding hydrogens is 222 g/mol. The summed E-state index contributed by atoms with van der Waals surface area (Å²) in [6.45, 7) is 0. The van der Waals surface area contributed by atoms with Gasteiger partial charge in [0, 0.05) is 11.6 Å². The first-order chi connectivity index (χ1) is 7.86. The monoisotopic (exact) mass is 229 g/mol. The topological polar surface area (TPSA) is 30.7 Å². The maximum Gasteiger partial charge on any atom is 0.140 e. The van der Waals surface area contributed by atoms with E-state index in [0.29, 0.717) is 5.15 Å². The summed E-state index contributed by atoms with van der Waals surface area (Å²) in [5, 5.41) is 5.99. The normalized spacial score (nSPS) is 10.8. The van der Waals surface area contributed by atoms with Crippen LogP contribution in [0.4, 0.5) is 0 Å². The van der Waals surface area contributed by atoms with Crippen molar-refractivity contribution < 1.29 is 0 Å². The number of hydrogen-bond acceptors (Lipinski definition) is 2. The van der Waals surface area contributed by atoms with Crippen molar-refractivity contribution in [2.45, 2.75) is 0 Å². The Hall–Kier alpha value is -1.87. The van der Waals surface area contributed by atoms with Gasteiger partial charge in [-0.05, 0) is 24.3 Å². The van der Waals surface area contributed by atoms with Gasteiger partial charge in [0.1, 0.15) is 5.15 Å². The Kier molecular flexibility index (Phi) is 2.11. The molecule has 0 amide bonds. The van der Waals surface area contributed by atoms with Gasteiger partial charge in [-0.15, -0.1) is 0 Å². The number of fused-ring (bicyclic) bond motifs is 1. The molecule has 3 nitrogen and oxygen atoms in total. The molecule has 0 saturated carbocycles. The van der Waals surface area contributed by atoms with Crippen LogP contribution in [-0.4, -0.2) is 14.8 Å². The molecule has 0 atom stereocenters. The summed E-state index contributed by atoms with van der Waals surface area (Å²) < 4.78 is 1.69. The number of halogens is 1. The third-order valence-electron chi connectivity index (χ3n) is 2.41. The minimum Gasteiger partial charge on any atom is -0.262 e. The predicted octanol–water partition coefficient (Wildman–Crippen LogP) is 3.07. The molecule has 1 aromatic carbocycles. The molecule has 0 unspecified atom stereocenters. The lowest BCUT2D eigenvalue weighted by atomic mass is 10.3. The average molecular weight is 230 g/mol. The lowest BCUT2D eigenvalue weighted by Gasteiger charge is -2.00. The van der Waals surface area contributed by atoms with E-state index < -0.39 is 0 Å². The summed E-state index contributed by atoms with van der Waals surface area (Å²) in [4.78, 5) is 4.05. The molecule has 0 spiro atoms.